The summed E-state index contributed by atoms with van der Waals surface area (Å²) in [4.78, 5) is 21.8. The first kappa shape index (κ1) is 35.5. The van der Waals surface area contributed by atoms with Crippen LogP contribution in [0.25, 0.3) is 0 Å². The molecule has 0 spiro atoms. The Hall–Kier alpha value is -0.694. The quantitative estimate of drug-likeness (QED) is 0.0907. The molecule has 0 saturated heterocycles. The van der Waals surface area contributed by atoms with E-state index in [0.29, 0.717) is 0 Å². The van der Waals surface area contributed by atoms with Crippen LogP contribution in [0.1, 0.15) is 0 Å². The van der Waals surface area contributed by atoms with Gasteiger partial charge in [-0.05, 0) is 11.5 Å². The molecular weight excluding hydrogens is 561 g/mol. The molecule has 0 amide bonds. The van der Waals surface area contributed by atoms with Gasteiger partial charge in [0.1, 0.15) is 24.4 Å². The summed E-state index contributed by atoms with van der Waals surface area (Å²) in [7, 11) is -10.6. The van der Waals surface area contributed by atoms with Crippen molar-refractivity contribution in [3.8, 4) is 0 Å². The summed E-state index contributed by atoms with van der Waals surface area (Å²) in [6.45, 7) is -1.78. The molecule has 0 aliphatic carbocycles. The zero-order valence-corrected chi connectivity index (χ0v) is 21.7. The second kappa shape index (κ2) is 14.1. The van der Waals surface area contributed by atoms with Crippen LogP contribution in [-0.4, -0.2) is 157 Å². The maximum atomic E-state index is 11.2. The van der Waals surface area contributed by atoms with Crippen LogP contribution in [0, 0.1) is 0 Å². The van der Waals surface area contributed by atoms with Crippen molar-refractivity contribution in [3.05, 3.63) is 23.0 Å². The Morgan fingerprint density at radius 1 is 0.794 bits per heavy atom. The number of esters is 2. The van der Waals surface area contributed by atoms with Gasteiger partial charge in [-0.15, -0.1) is 0 Å². The number of carbonyl (C=O) groups excluding carboxylic acids is 2. The van der Waals surface area contributed by atoms with Gasteiger partial charge in [-0.3, -0.25) is 0 Å². The minimum atomic E-state index is -5.28. The number of aliphatic hydroxyl groups is 4. The van der Waals surface area contributed by atoms with Gasteiger partial charge in [0.25, 0.3) is 20.8 Å². The molecule has 0 aromatic heterocycles. The molecule has 0 fully saturated rings. The van der Waals surface area contributed by atoms with Gasteiger partial charge in [0, 0.05) is 0 Å². The Labute approximate surface area is 236 Å². The van der Waals surface area contributed by atoms with E-state index in [1.54, 1.807) is 0 Å². The standard InChI is InChI=1S/2C6H8O9S.Ca.Mg/c2*7-1-2(8)4-3(9)5(6(10)14-4)15-16(11,12)13;;/h2*2,4,7-9H,1H2,(H,11,12,13);;/q;;2*+2/p-4/t2*2-,4+;;/m00../s1. The third kappa shape index (κ3) is 10.1. The van der Waals surface area contributed by atoms with E-state index in [9.17, 15) is 45.7 Å². The van der Waals surface area contributed by atoms with Gasteiger partial charge in [-0.25, -0.2) is 26.4 Å². The maximum absolute atomic E-state index is 11.2. The van der Waals surface area contributed by atoms with Gasteiger partial charge in [-0.2, -0.15) is 0 Å². The molecule has 18 nitrogen and oxygen atoms in total. The van der Waals surface area contributed by atoms with Crippen LogP contribution in [0.4, 0.5) is 0 Å². The minimum absolute atomic E-state index is 0. The predicted octanol–water partition coefficient (Wildman–Crippen LogP) is -8.13. The van der Waals surface area contributed by atoms with Crippen molar-refractivity contribution in [2.45, 2.75) is 24.4 Å². The molecule has 4 N–H and O–H groups in total. The zero-order valence-electron chi connectivity index (χ0n) is 16.5. The molecule has 2 rings (SSSR count). The summed E-state index contributed by atoms with van der Waals surface area (Å²) in [5.41, 5.74) is 0. The first-order chi connectivity index (χ1) is 14.5. The van der Waals surface area contributed by atoms with Gasteiger partial charge in [0.05, 0.1) is 13.2 Å². The molecule has 0 radical (unpaired) electrons. The molecule has 0 aromatic rings. The van der Waals surface area contributed by atoms with Gasteiger partial charge < -0.3 is 57.6 Å². The van der Waals surface area contributed by atoms with E-state index in [4.69, 9.17) is 20.4 Å². The molecule has 4 atom stereocenters. The van der Waals surface area contributed by atoms with Crippen molar-refractivity contribution in [3.63, 3.8) is 0 Å². The Morgan fingerprint density at radius 3 is 1.26 bits per heavy atom. The first-order valence-corrected chi connectivity index (χ1v) is 10.3. The zero-order chi connectivity index (χ0) is 25.0. The van der Waals surface area contributed by atoms with Crippen LogP contribution in [0.5, 0.6) is 0 Å². The molecule has 184 valence electrons. The molecule has 34 heavy (non-hydrogen) atoms. The molecule has 2 heterocycles. The molecule has 0 unspecified atom stereocenters. The second-order valence-corrected chi connectivity index (χ2v) is 7.49. The fourth-order valence-corrected chi connectivity index (χ4v) is 2.67. The summed E-state index contributed by atoms with van der Waals surface area (Å²) < 4.78 is 76.5. The van der Waals surface area contributed by atoms with Crippen LogP contribution < -0.4 is 10.2 Å². The van der Waals surface area contributed by atoms with Crippen molar-refractivity contribution < 1.29 is 84.0 Å². The Kier molecular flexibility index (Phi) is 14.8. The Bertz CT molecular complexity index is 938. The van der Waals surface area contributed by atoms with E-state index in [-0.39, 0.29) is 60.8 Å². The van der Waals surface area contributed by atoms with E-state index in [1.807, 2.05) is 0 Å². The monoisotopic (exact) mass is 572 g/mol. The van der Waals surface area contributed by atoms with E-state index in [0.717, 1.165) is 0 Å². The summed E-state index contributed by atoms with van der Waals surface area (Å²) in [6.07, 6.45) is -6.97. The largest absolute Gasteiger partial charge is 2.00 e. The van der Waals surface area contributed by atoms with E-state index in [1.165, 1.54) is 0 Å². The first-order valence-electron chi connectivity index (χ1n) is 7.65. The van der Waals surface area contributed by atoms with E-state index < -0.39 is 93.4 Å². The van der Waals surface area contributed by atoms with Crippen LogP contribution >= 0.6 is 0 Å². The van der Waals surface area contributed by atoms with E-state index in [2.05, 4.69) is 17.8 Å². The van der Waals surface area contributed by atoms with Crippen LogP contribution in [0.3, 0.4) is 0 Å². The molecule has 0 saturated carbocycles. The van der Waals surface area contributed by atoms with Crippen molar-refractivity contribution in [2.24, 2.45) is 0 Å². The number of hydrogen-bond donors (Lipinski definition) is 4. The maximum Gasteiger partial charge on any atom is 2.00 e. The van der Waals surface area contributed by atoms with Gasteiger partial charge in [0.15, 0.2) is 0 Å². The third-order valence-corrected chi connectivity index (χ3v) is 3.99. The number of hydrogen-bond acceptors (Lipinski definition) is 18. The Balaban J connectivity index is 0. The number of cyclic esters (lactones) is 2. The molecule has 0 aromatic carbocycles. The smallest absolute Gasteiger partial charge is 0.870 e. The SMILES string of the molecule is O=C1O[C@H]([C@@H](O)CO)C([O-])=C1OS(=O)(=O)[O-].O=C1O[C@H]([C@@H](O)CO)C([O-])=C1OS(=O)(=O)[O-].[Ca+2].[Mg+2]. The number of ether oxygens (including phenoxy) is 2. The van der Waals surface area contributed by atoms with Crippen LogP contribution in [0.15, 0.2) is 23.0 Å². The topological polar surface area (TPSA) is 312 Å². The average molecular weight is 573 g/mol. The van der Waals surface area contributed by atoms with Crippen LogP contribution in [-0.2, 0) is 48.2 Å². The van der Waals surface area contributed by atoms with Crippen molar-refractivity contribution in [1.82, 2.24) is 0 Å². The second-order valence-electron chi connectivity index (χ2n) is 5.52. The number of carbonyl (C=O) groups is 2. The average Bonchev–Trinajstić information content (AvgIpc) is 3.10. The number of aliphatic hydroxyl groups excluding tert-OH is 4. The van der Waals surface area contributed by atoms with Crippen molar-refractivity contribution in [1.29, 1.82) is 0 Å². The third-order valence-electron chi connectivity index (χ3n) is 3.25. The minimum Gasteiger partial charge on any atom is -0.870 e. The predicted molar refractivity (Wildman–Crippen MR) is 93.1 cm³/mol. The summed E-state index contributed by atoms with van der Waals surface area (Å²) in [5.74, 6) is -8.25. The van der Waals surface area contributed by atoms with Gasteiger partial charge >= 0.3 is 72.7 Å². The Morgan fingerprint density at radius 2 is 1.06 bits per heavy atom. The number of rotatable bonds is 8. The van der Waals surface area contributed by atoms with Gasteiger partial charge in [0.2, 0.25) is 11.5 Å². The summed E-state index contributed by atoms with van der Waals surface area (Å²) in [5, 5.41) is 57.4. The molecule has 0 bridgehead atoms. The fourth-order valence-electron chi connectivity index (χ4n) is 1.96. The van der Waals surface area contributed by atoms with E-state index >= 15 is 0 Å². The summed E-state index contributed by atoms with van der Waals surface area (Å²) >= 11 is 0. The molecule has 22 heteroatoms. The van der Waals surface area contributed by atoms with Crippen molar-refractivity contribution in [2.75, 3.05) is 13.2 Å². The molecular formula is C12H12CaMgO18S2. The fraction of sp³-hybridized carbons (Fsp3) is 0.500. The normalized spacial score (nSPS) is 21.8. The summed E-state index contributed by atoms with van der Waals surface area (Å²) in [6, 6.07) is 0. The van der Waals surface area contributed by atoms with Crippen LogP contribution in [0.2, 0.25) is 0 Å². The molecule has 2 aliphatic heterocycles. The van der Waals surface area contributed by atoms with Gasteiger partial charge in [-0.1, -0.05) is 0 Å². The van der Waals surface area contributed by atoms with Crippen molar-refractivity contribution >= 4 is 93.5 Å². The molecule has 2 aliphatic rings.